The Hall–Kier alpha value is -2.92. The number of benzene rings is 1. The summed E-state index contributed by atoms with van der Waals surface area (Å²) in [5.41, 5.74) is 1.07. The van der Waals surface area contributed by atoms with Crippen molar-refractivity contribution in [3.63, 3.8) is 0 Å². The maximum Gasteiger partial charge on any atom is 0.180 e. The molecule has 4 atom stereocenters. The molecule has 3 aromatic rings. The molecular weight excluding hydrogens is 429 g/mol. The third-order valence-corrected chi connectivity index (χ3v) is 5.76. The molecule has 1 aromatic carbocycles. The highest BCUT2D eigenvalue weighted by atomic mass is 32.1. The predicted octanol–water partition coefficient (Wildman–Crippen LogP) is 2.72. The summed E-state index contributed by atoms with van der Waals surface area (Å²) in [5.74, 6) is -0.746. The number of alkyl halides is 1. The Morgan fingerprint density at radius 3 is 2.81 bits per heavy atom. The molecule has 3 N–H and O–H groups in total. The molecule has 7 nitrogen and oxygen atoms in total. The second-order valence-corrected chi connectivity index (χ2v) is 8.20. The molecule has 5 rings (SSSR count). The van der Waals surface area contributed by atoms with Crippen LogP contribution in [0.25, 0.3) is 5.65 Å². The monoisotopic (exact) mass is 448 g/mol. The van der Waals surface area contributed by atoms with Crippen LogP contribution >= 0.6 is 12.2 Å². The molecule has 0 bridgehead atoms. The fraction of sp³-hybridized carbons (Fsp3) is 0.350. The van der Waals surface area contributed by atoms with Crippen molar-refractivity contribution in [2.45, 2.75) is 37.2 Å². The van der Waals surface area contributed by atoms with E-state index in [1.165, 1.54) is 4.52 Å². The average Bonchev–Trinajstić information content (AvgIpc) is 3.11. The van der Waals surface area contributed by atoms with Gasteiger partial charge in [-0.3, -0.25) is 0 Å². The van der Waals surface area contributed by atoms with Gasteiger partial charge < -0.3 is 20.6 Å². The Morgan fingerprint density at radius 1 is 1.23 bits per heavy atom. The molecule has 2 aromatic heterocycles. The molecule has 162 valence electrons. The van der Waals surface area contributed by atoms with Gasteiger partial charge in [-0.25, -0.2) is 22.7 Å². The standard InChI is InChI=1S/C20H19F3N6OS/c21-10-1-2-13(23)12(5-10)16-6-11(22)9-28(16)18-3-4-29-19(27-18)15(8-24-29)26-20(31)25-14-7-17(14)30/h1-5,8,11,14,16-17,30H,6-7,9H2,(H2,25,26,31)/t11-,14+,16+,17+/m0/s1. The zero-order valence-electron chi connectivity index (χ0n) is 16.2. The predicted molar refractivity (Wildman–Crippen MR) is 113 cm³/mol. The van der Waals surface area contributed by atoms with Gasteiger partial charge in [0.1, 0.15) is 29.3 Å². The summed E-state index contributed by atoms with van der Waals surface area (Å²) in [6.07, 6.45) is 2.28. The Morgan fingerprint density at radius 2 is 2.03 bits per heavy atom. The zero-order valence-corrected chi connectivity index (χ0v) is 17.0. The van der Waals surface area contributed by atoms with E-state index in [1.54, 1.807) is 23.4 Å². The van der Waals surface area contributed by atoms with Crippen molar-refractivity contribution in [3.8, 4) is 0 Å². The van der Waals surface area contributed by atoms with E-state index in [2.05, 4.69) is 20.7 Å². The lowest BCUT2D eigenvalue weighted by atomic mass is 10.0. The van der Waals surface area contributed by atoms with Crippen LogP contribution in [0.5, 0.6) is 0 Å². The molecule has 11 heteroatoms. The highest BCUT2D eigenvalue weighted by Crippen LogP contribution is 2.38. The quantitative estimate of drug-likeness (QED) is 0.530. The van der Waals surface area contributed by atoms with Crippen LogP contribution in [0, 0.1) is 11.6 Å². The number of halogens is 3. The summed E-state index contributed by atoms with van der Waals surface area (Å²) < 4.78 is 44.0. The number of anilines is 2. The number of rotatable bonds is 4. The van der Waals surface area contributed by atoms with E-state index in [0.717, 1.165) is 18.2 Å². The van der Waals surface area contributed by atoms with Crippen LogP contribution in [0.3, 0.4) is 0 Å². The van der Waals surface area contributed by atoms with E-state index in [0.29, 0.717) is 28.7 Å². The molecule has 1 saturated carbocycles. The van der Waals surface area contributed by atoms with E-state index in [-0.39, 0.29) is 24.6 Å². The third-order valence-electron chi connectivity index (χ3n) is 5.54. The molecule has 0 unspecified atom stereocenters. The maximum absolute atomic E-state index is 14.4. The van der Waals surface area contributed by atoms with Gasteiger partial charge >= 0.3 is 0 Å². The number of nitrogens with zero attached hydrogens (tertiary/aromatic N) is 4. The highest BCUT2D eigenvalue weighted by molar-refractivity contribution is 7.80. The average molecular weight is 448 g/mol. The Balaban J connectivity index is 1.44. The number of aliphatic hydroxyl groups excluding tert-OH is 1. The molecule has 3 heterocycles. The number of hydrogen-bond donors (Lipinski definition) is 3. The van der Waals surface area contributed by atoms with Crippen molar-refractivity contribution in [2.24, 2.45) is 0 Å². The van der Waals surface area contributed by atoms with Crippen LogP contribution in [0.4, 0.5) is 24.7 Å². The van der Waals surface area contributed by atoms with E-state index in [9.17, 15) is 18.3 Å². The molecule has 0 radical (unpaired) electrons. The van der Waals surface area contributed by atoms with E-state index in [4.69, 9.17) is 12.2 Å². The lowest BCUT2D eigenvalue weighted by molar-refractivity contribution is 0.269. The fourth-order valence-electron chi connectivity index (χ4n) is 3.87. The summed E-state index contributed by atoms with van der Waals surface area (Å²) in [6, 6.07) is 4.10. The van der Waals surface area contributed by atoms with Crippen molar-refractivity contribution >= 4 is 34.5 Å². The van der Waals surface area contributed by atoms with Gasteiger partial charge in [-0.05, 0) is 42.9 Å². The number of hydrogen-bond acceptors (Lipinski definition) is 5. The normalized spacial score (nSPS) is 25.1. The Labute approximate surface area is 180 Å². The first kappa shape index (κ1) is 20.0. The van der Waals surface area contributed by atoms with Crippen LogP contribution in [-0.4, -0.2) is 49.7 Å². The van der Waals surface area contributed by atoms with Gasteiger partial charge in [0.2, 0.25) is 0 Å². The van der Waals surface area contributed by atoms with Crippen LogP contribution in [0.15, 0.2) is 36.7 Å². The number of thiocarbonyl (C=S) groups is 1. The van der Waals surface area contributed by atoms with Gasteiger partial charge in [0.05, 0.1) is 30.9 Å². The number of aromatic nitrogens is 3. The Bertz CT molecular complexity index is 1160. The summed E-state index contributed by atoms with van der Waals surface area (Å²) in [7, 11) is 0. The van der Waals surface area contributed by atoms with E-state index < -0.39 is 30.0 Å². The molecule has 2 fully saturated rings. The molecule has 1 aliphatic heterocycles. The molecule has 2 aliphatic rings. The SMILES string of the molecule is O[C@@H]1C[C@H]1NC(=S)Nc1cnn2ccc(N3C[C@@H](F)C[C@@H]3c3cc(F)ccc3F)nc12. The van der Waals surface area contributed by atoms with Crippen molar-refractivity contribution in [1.82, 2.24) is 19.9 Å². The molecular formula is C20H19F3N6OS. The molecule has 1 aliphatic carbocycles. The molecule has 1 saturated heterocycles. The lowest BCUT2D eigenvalue weighted by Gasteiger charge is -2.26. The van der Waals surface area contributed by atoms with Crippen molar-refractivity contribution in [2.75, 3.05) is 16.8 Å². The van der Waals surface area contributed by atoms with E-state index >= 15 is 0 Å². The van der Waals surface area contributed by atoms with Gasteiger partial charge in [-0.2, -0.15) is 5.10 Å². The third kappa shape index (κ3) is 3.90. The minimum Gasteiger partial charge on any atom is -0.391 e. The molecule has 0 amide bonds. The van der Waals surface area contributed by atoms with Crippen LogP contribution < -0.4 is 15.5 Å². The van der Waals surface area contributed by atoms with Gasteiger partial charge in [0.15, 0.2) is 10.8 Å². The largest absolute Gasteiger partial charge is 0.391 e. The van der Waals surface area contributed by atoms with Crippen LogP contribution in [0.2, 0.25) is 0 Å². The lowest BCUT2D eigenvalue weighted by Crippen LogP contribution is -2.32. The van der Waals surface area contributed by atoms with Crippen molar-refractivity contribution in [3.05, 3.63) is 53.9 Å². The van der Waals surface area contributed by atoms with Gasteiger partial charge in [-0.15, -0.1) is 0 Å². The first-order valence-electron chi connectivity index (χ1n) is 9.84. The minimum absolute atomic E-state index is 0.0141. The van der Waals surface area contributed by atoms with Crippen LogP contribution in [0.1, 0.15) is 24.4 Å². The smallest absolute Gasteiger partial charge is 0.180 e. The van der Waals surface area contributed by atoms with E-state index in [1.807, 2.05) is 0 Å². The van der Waals surface area contributed by atoms with Crippen LogP contribution in [-0.2, 0) is 0 Å². The Kier molecular flexibility index (Phi) is 4.94. The molecule has 31 heavy (non-hydrogen) atoms. The summed E-state index contributed by atoms with van der Waals surface area (Å²) in [6.45, 7) is 0.0141. The second kappa shape index (κ2) is 7.65. The molecule has 0 spiro atoms. The highest BCUT2D eigenvalue weighted by Gasteiger charge is 2.37. The summed E-state index contributed by atoms with van der Waals surface area (Å²) in [4.78, 5) is 6.22. The van der Waals surface area contributed by atoms with Gasteiger partial charge in [0, 0.05) is 18.2 Å². The first-order chi connectivity index (χ1) is 14.9. The maximum atomic E-state index is 14.4. The summed E-state index contributed by atoms with van der Waals surface area (Å²) in [5, 5.41) is 20.0. The second-order valence-electron chi connectivity index (χ2n) is 7.79. The summed E-state index contributed by atoms with van der Waals surface area (Å²) >= 11 is 5.26. The van der Waals surface area contributed by atoms with Gasteiger partial charge in [0.25, 0.3) is 0 Å². The number of nitrogens with one attached hydrogen (secondary N) is 2. The van der Waals surface area contributed by atoms with Crippen molar-refractivity contribution in [1.29, 1.82) is 0 Å². The first-order valence-corrected chi connectivity index (χ1v) is 10.3. The topological polar surface area (TPSA) is 77.7 Å². The zero-order chi connectivity index (χ0) is 21.7. The fourth-order valence-corrected chi connectivity index (χ4v) is 4.14. The van der Waals surface area contributed by atoms with Gasteiger partial charge in [-0.1, -0.05) is 0 Å². The minimum atomic E-state index is -1.20. The van der Waals surface area contributed by atoms with Crippen molar-refractivity contribution < 1.29 is 18.3 Å². The number of aliphatic hydroxyl groups is 1. The number of fused-ring (bicyclic) bond motifs is 1.